The van der Waals surface area contributed by atoms with Crippen LogP contribution in [0, 0.1) is 0 Å². The van der Waals surface area contributed by atoms with Crippen LogP contribution in [0.2, 0.25) is 5.02 Å². The van der Waals surface area contributed by atoms with Crippen LogP contribution in [-0.2, 0) is 14.3 Å². The minimum Gasteiger partial charge on any atom is -0.399 e. The van der Waals surface area contributed by atoms with Crippen molar-refractivity contribution in [3.63, 3.8) is 0 Å². The second kappa shape index (κ2) is 9.58. The summed E-state index contributed by atoms with van der Waals surface area (Å²) in [5.41, 5.74) is 6.73. The Bertz CT molecular complexity index is 427. The lowest BCUT2D eigenvalue weighted by Gasteiger charge is -2.08. The predicted molar refractivity (Wildman–Crippen MR) is 81.0 cm³/mol. The number of ether oxygens (including phenoxy) is 2. The summed E-state index contributed by atoms with van der Waals surface area (Å²) in [6.07, 6.45) is 1.93. The van der Waals surface area contributed by atoms with Gasteiger partial charge in [0.1, 0.15) is 0 Å². The van der Waals surface area contributed by atoms with Crippen molar-refractivity contribution in [1.82, 2.24) is 0 Å². The van der Waals surface area contributed by atoms with E-state index in [-0.39, 0.29) is 5.91 Å². The molecule has 6 heteroatoms. The summed E-state index contributed by atoms with van der Waals surface area (Å²) in [4.78, 5) is 11.7. The van der Waals surface area contributed by atoms with E-state index in [0.717, 1.165) is 6.42 Å². The van der Waals surface area contributed by atoms with Gasteiger partial charge in [0.2, 0.25) is 5.91 Å². The van der Waals surface area contributed by atoms with Crippen LogP contribution in [0.25, 0.3) is 0 Å². The first-order chi connectivity index (χ1) is 9.63. The lowest BCUT2D eigenvalue weighted by Crippen LogP contribution is -2.13. The van der Waals surface area contributed by atoms with Gasteiger partial charge < -0.3 is 20.5 Å². The summed E-state index contributed by atoms with van der Waals surface area (Å²) in [5.74, 6) is -0.0860. The van der Waals surface area contributed by atoms with Crippen LogP contribution in [0.4, 0.5) is 11.4 Å². The SMILES string of the molecule is COCCCOCCCC(=O)Nc1ccc(N)cc1Cl. The monoisotopic (exact) mass is 300 g/mol. The summed E-state index contributed by atoms with van der Waals surface area (Å²) in [6, 6.07) is 4.99. The van der Waals surface area contributed by atoms with Crippen molar-refractivity contribution in [2.24, 2.45) is 0 Å². The van der Waals surface area contributed by atoms with Gasteiger partial charge in [-0.2, -0.15) is 0 Å². The molecule has 112 valence electrons. The fraction of sp³-hybridized carbons (Fsp3) is 0.500. The van der Waals surface area contributed by atoms with E-state index in [0.29, 0.717) is 49.1 Å². The van der Waals surface area contributed by atoms with Gasteiger partial charge in [-0.15, -0.1) is 0 Å². The number of halogens is 1. The molecule has 0 fully saturated rings. The zero-order valence-electron chi connectivity index (χ0n) is 11.7. The van der Waals surface area contributed by atoms with E-state index in [1.165, 1.54) is 0 Å². The van der Waals surface area contributed by atoms with Crippen LogP contribution < -0.4 is 11.1 Å². The number of methoxy groups -OCH3 is 1. The van der Waals surface area contributed by atoms with Crippen LogP contribution >= 0.6 is 11.6 Å². The Morgan fingerprint density at radius 3 is 2.75 bits per heavy atom. The molecular formula is C14H21ClN2O3. The van der Waals surface area contributed by atoms with Crippen molar-refractivity contribution in [2.75, 3.05) is 38.0 Å². The van der Waals surface area contributed by atoms with Crippen LogP contribution in [0.5, 0.6) is 0 Å². The Morgan fingerprint density at radius 2 is 2.05 bits per heavy atom. The average Bonchev–Trinajstić information content (AvgIpc) is 2.41. The number of carbonyl (C=O) groups excluding carboxylic acids is 1. The molecule has 0 saturated carbocycles. The molecule has 0 aliphatic carbocycles. The molecule has 0 unspecified atom stereocenters. The number of amides is 1. The molecule has 1 aromatic carbocycles. The van der Waals surface area contributed by atoms with E-state index in [9.17, 15) is 4.79 Å². The predicted octanol–water partition coefficient (Wildman–Crippen LogP) is 2.69. The van der Waals surface area contributed by atoms with Crippen molar-refractivity contribution < 1.29 is 14.3 Å². The number of rotatable bonds is 9. The molecule has 0 heterocycles. The van der Waals surface area contributed by atoms with Gasteiger partial charge >= 0.3 is 0 Å². The summed E-state index contributed by atoms with van der Waals surface area (Å²) in [6.45, 7) is 1.90. The van der Waals surface area contributed by atoms with Crippen molar-refractivity contribution in [3.8, 4) is 0 Å². The van der Waals surface area contributed by atoms with E-state index in [2.05, 4.69) is 5.32 Å². The first-order valence-electron chi connectivity index (χ1n) is 6.55. The molecule has 0 radical (unpaired) electrons. The molecule has 5 nitrogen and oxygen atoms in total. The molecule has 1 rings (SSSR count). The summed E-state index contributed by atoms with van der Waals surface area (Å²) in [7, 11) is 1.66. The Balaban J connectivity index is 2.17. The number of anilines is 2. The van der Waals surface area contributed by atoms with Crippen LogP contribution in [0.1, 0.15) is 19.3 Å². The Kier molecular flexibility index (Phi) is 8.02. The van der Waals surface area contributed by atoms with E-state index in [1.54, 1.807) is 25.3 Å². The lowest BCUT2D eigenvalue weighted by atomic mass is 10.2. The van der Waals surface area contributed by atoms with Gasteiger partial charge in [0.15, 0.2) is 0 Å². The zero-order valence-corrected chi connectivity index (χ0v) is 12.4. The molecule has 3 N–H and O–H groups in total. The molecule has 0 bridgehead atoms. The Hall–Kier alpha value is -1.30. The molecule has 0 aromatic heterocycles. The number of carbonyl (C=O) groups is 1. The second-order valence-electron chi connectivity index (χ2n) is 4.35. The lowest BCUT2D eigenvalue weighted by molar-refractivity contribution is -0.116. The number of nitrogen functional groups attached to an aromatic ring is 1. The largest absolute Gasteiger partial charge is 0.399 e. The van der Waals surface area contributed by atoms with Crippen LogP contribution in [-0.4, -0.2) is 32.8 Å². The number of hydrogen-bond donors (Lipinski definition) is 2. The number of benzene rings is 1. The van der Waals surface area contributed by atoms with Crippen molar-refractivity contribution in [2.45, 2.75) is 19.3 Å². The average molecular weight is 301 g/mol. The van der Waals surface area contributed by atoms with Crippen molar-refractivity contribution in [1.29, 1.82) is 0 Å². The Labute approximate surface area is 124 Å². The van der Waals surface area contributed by atoms with E-state index in [1.807, 2.05) is 0 Å². The van der Waals surface area contributed by atoms with Gasteiger partial charge in [0, 0.05) is 39.0 Å². The minimum absolute atomic E-state index is 0.0860. The van der Waals surface area contributed by atoms with Crippen molar-refractivity contribution in [3.05, 3.63) is 23.2 Å². The molecule has 20 heavy (non-hydrogen) atoms. The standard InChI is InChI=1S/C14H21ClN2O3/c1-19-7-3-9-20-8-2-4-14(18)17-13-6-5-11(16)10-12(13)15/h5-6,10H,2-4,7-9,16H2,1H3,(H,17,18). The van der Waals surface area contributed by atoms with Crippen molar-refractivity contribution >= 4 is 28.9 Å². The highest BCUT2D eigenvalue weighted by Crippen LogP contribution is 2.24. The third-order valence-corrected chi connectivity index (χ3v) is 2.91. The third kappa shape index (κ3) is 6.75. The maximum atomic E-state index is 11.7. The first-order valence-corrected chi connectivity index (χ1v) is 6.93. The maximum Gasteiger partial charge on any atom is 0.224 e. The van der Waals surface area contributed by atoms with Gasteiger partial charge in [0.25, 0.3) is 0 Å². The first kappa shape index (κ1) is 16.8. The third-order valence-electron chi connectivity index (χ3n) is 2.60. The molecule has 1 aromatic rings. The van der Waals surface area contributed by atoms with Gasteiger partial charge in [-0.3, -0.25) is 4.79 Å². The zero-order chi connectivity index (χ0) is 14.8. The summed E-state index contributed by atoms with van der Waals surface area (Å²) >= 11 is 5.97. The van der Waals surface area contributed by atoms with Gasteiger partial charge in [0.05, 0.1) is 10.7 Å². The molecule has 0 aliphatic heterocycles. The Morgan fingerprint density at radius 1 is 1.30 bits per heavy atom. The summed E-state index contributed by atoms with van der Waals surface area (Å²) in [5, 5.41) is 3.19. The number of nitrogens with two attached hydrogens (primary N) is 1. The molecular weight excluding hydrogens is 280 g/mol. The number of nitrogens with one attached hydrogen (secondary N) is 1. The van der Waals surface area contributed by atoms with Crippen LogP contribution in [0.15, 0.2) is 18.2 Å². The van der Waals surface area contributed by atoms with Gasteiger partial charge in [-0.05, 0) is 31.0 Å². The highest BCUT2D eigenvalue weighted by Gasteiger charge is 2.06. The number of hydrogen-bond acceptors (Lipinski definition) is 4. The fourth-order valence-electron chi connectivity index (χ4n) is 1.59. The van der Waals surface area contributed by atoms with E-state index >= 15 is 0 Å². The van der Waals surface area contributed by atoms with Crippen LogP contribution in [0.3, 0.4) is 0 Å². The smallest absolute Gasteiger partial charge is 0.224 e. The van der Waals surface area contributed by atoms with E-state index in [4.69, 9.17) is 26.8 Å². The second-order valence-corrected chi connectivity index (χ2v) is 4.76. The highest BCUT2D eigenvalue weighted by atomic mass is 35.5. The van der Waals surface area contributed by atoms with Gasteiger partial charge in [-0.25, -0.2) is 0 Å². The molecule has 0 saturated heterocycles. The molecule has 0 spiro atoms. The summed E-state index contributed by atoms with van der Waals surface area (Å²) < 4.78 is 10.3. The molecule has 1 amide bonds. The topological polar surface area (TPSA) is 73.6 Å². The maximum absolute atomic E-state index is 11.7. The van der Waals surface area contributed by atoms with Gasteiger partial charge in [-0.1, -0.05) is 11.6 Å². The quantitative estimate of drug-likeness (QED) is 0.543. The highest BCUT2D eigenvalue weighted by molar-refractivity contribution is 6.34. The fourth-order valence-corrected chi connectivity index (χ4v) is 1.82. The van der Waals surface area contributed by atoms with E-state index < -0.39 is 0 Å². The molecule has 0 atom stereocenters. The minimum atomic E-state index is -0.0860. The molecule has 0 aliphatic rings. The normalized spacial score (nSPS) is 10.5.